The van der Waals surface area contributed by atoms with Crippen LogP contribution in [0.2, 0.25) is 15.3 Å². The fourth-order valence-corrected chi connectivity index (χ4v) is 2.74. The SMILES string of the molecule is CSCc1nc(Cl)c(-c2cccc(Cl)c2)c(Cl)n1. The van der Waals surface area contributed by atoms with E-state index in [1.807, 2.05) is 18.4 Å². The molecule has 94 valence electrons. The van der Waals surface area contributed by atoms with Crippen molar-refractivity contribution in [1.82, 2.24) is 9.97 Å². The van der Waals surface area contributed by atoms with Gasteiger partial charge in [0.15, 0.2) is 0 Å². The molecule has 0 bridgehead atoms. The predicted molar refractivity (Wildman–Crippen MR) is 79.7 cm³/mol. The molecule has 2 nitrogen and oxygen atoms in total. The number of rotatable bonds is 3. The van der Waals surface area contributed by atoms with Crippen LogP contribution in [-0.4, -0.2) is 16.2 Å². The summed E-state index contributed by atoms with van der Waals surface area (Å²) in [6, 6.07) is 7.28. The lowest BCUT2D eigenvalue weighted by atomic mass is 10.1. The van der Waals surface area contributed by atoms with E-state index in [9.17, 15) is 0 Å². The van der Waals surface area contributed by atoms with Gasteiger partial charge in [-0.2, -0.15) is 11.8 Å². The molecule has 0 unspecified atom stereocenters. The molecule has 0 spiro atoms. The minimum atomic E-state index is 0.348. The van der Waals surface area contributed by atoms with Crippen LogP contribution in [-0.2, 0) is 5.75 Å². The van der Waals surface area contributed by atoms with E-state index in [1.165, 1.54) is 0 Å². The molecule has 0 N–H and O–H groups in total. The molecule has 18 heavy (non-hydrogen) atoms. The lowest BCUT2D eigenvalue weighted by Crippen LogP contribution is -1.96. The second kappa shape index (κ2) is 6.11. The summed E-state index contributed by atoms with van der Waals surface area (Å²) in [5, 5.41) is 1.32. The number of thioether (sulfide) groups is 1. The molecule has 0 aliphatic carbocycles. The Labute approximate surface area is 125 Å². The van der Waals surface area contributed by atoms with E-state index in [2.05, 4.69) is 9.97 Å². The zero-order valence-electron chi connectivity index (χ0n) is 9.45. The Morgan fingerprint density at radius 2 is 1.78 bits per heavy atom. The van der Waals surface area contributed by atoms with Gasteiger partial charge in [0.2, 0.25) is 0 Å². The van der Waals surface area contributed by atoms with Crippen molar-refractivity contribution in [3.05, 3.63) is 45.4 Å². The van der Waals surface area contributed by atoms with Crippen LogP contribution in [0.4, 0.5) is 0 Å². The standard InChI is InChI=1S/C12H9Cl3N2S/c1-18-6-9-16-11(14)10(12(15)17-9)7-3-2-4-8(13)5-7/h2-5H,6H2,1H3. The van der Waals surface area contributed by atoms with Gasteiger partial charge in [-0.1, -0.05) is 46.9 Å². The third kappa shape index (κ3) is 3.09. The van der Waals surface area contributed by atoms with Crippen molar-refractivity contribution in [2.75, 3.05) is 6.26 Å². The smallest absolute Gasteiger partial charge is 0.142 e. The van der Waals surface area contributed by atoms with Crippen LogP contribution < -0.4 is 0 Å². The van der Waals surface area contributed by atoms with E-state index in [4.69, 9.17) is 34.8 Å². The van der Waals surface area contributed by atoms with E-state index in [0.717, 1.165) is 5.56 Å². The fraction of sp³-hybridized carbons (Fsp3) is 0.167. The Bertz CT molecular complexity index is 552. The summed E-state index contributed by atoms with van der Waals surface area (Å²) in [7, 11) is 0. The number of aromatic nitrogens is 2. The van der Waals surface area contributed by atoms with E-state index in [1.54, 1.807) is 23.9 Å². The first-order valence-corrected chi connectivity index (χ1v) is 7.61. The second-order valence-electron chi connectivity index (χ2n) is 3.54. The molecule has 0 radical (unpaired) electrons. The number of halogens is 3. The molecule has 0 aliphatic heterocycles. The lowest BCUT2D eigenvalue weighted by molar-refractivity contribution is 1.04. The number of benzene rings is 1. The normalized spacial score (nSPS) is 10.7. The second-order valence-corrected chi connectivity index (χ2v) is 5.56. The van der Waals surface area contributed by atoms with Crippen molar-refractivity contribution >= 4 is 46.6 Å². The highest BCUT2D eigenvalue weighted by Crippen LogP contribution is 2.33. The molecule has 0 aliphatic rings. The van der Waals surface area contributed by atoms with Gasteiger partial charge in [-0.25, -0.2) is 9.97 Å². The summed E-state index contributed by atoms with van der Waals surface area (Å²) in [5.41, 5.74) is 1.43. The van der Waals surface area contributed by atoms with E-state index < -0.39 is 0 Å². The van der Waals surface area contributed by atoms with Crippen molar-refractivity contribution in [2.24, 2.45) is 0 Å². The molecule has 0 atom stereocenters. The van der Waals surface area contributed by atoms with Gasteiger partial charge in [0.25, 0.3) is 0 Å². The third-order valence-electron chi connectivity index (χ3n) is 2.25. The quantitative estimate of drug-likeness (QED) is 0.747. The van der Waals surface area contributed by atoms with Crippen molar-refractivity contribution < 1.29 is 0 Å². The summed E-state index contributed by atoms with van der Waals surface area (Å²) in [4.78, 5) is 8.47. The topological polar surface area (TPSA) is 25.8 Å². The third-order valence-corrected chi connectivity index (χ3v) is 3.58. The Morgan fingerprint density at radius 1 is 1.11 bits per heavy atom. The summed E-state index contributed by atoms with van der Waals surface area (Å²) >= 11 is 19.9. The maximum Gasteiger partial charge on any atom is 0.142 e. The summed E-state index contributed by atoms with van der Waals surface area (Å²) < 4.78 is 0. The van der Waals surface area contributed by atoms with Gasteiger partial charge in [-0.15, -0.1) is 0 Å². The molecule has 1 aromatic heterocycles. The van der Waals surface area contributed by atoms with Gasteiger partial charge in [0, 0.05) is 5.02 Å². The van der Waals surface area contributed by atoms with Gasteiger partial charge in [-0.3, -0.25) is 0 Å². The first-order chi connectivity index (χ1) is 8.61. The van der Waals surface area contributed by atoms with Crippen LogP contribution in [0.15, 0.2) is 24.3 Å². The monoisotopic (exact) mass is 318 g/mol. The Balaban J connectivity index is 2.51. The minimum Gasteiger partial charge on any atom is -0.220 e. The van der Waals surface area contributed by atoms with Crippen LogP contribution in [0.1, 0.15) is 5.82 Å². The van der Waals surface area contributed by atoms with E-state index in [0.29, 0.717) is 32.5 Å². The molecule has 1 aromatic carbocycles. The molecule has 6 heteroatoms. The minimum absolute atomic E-state index is 0.348. The van der Waals surface area contributed by atoms with Crippen molar-refractivity contribution in [1.29, 1.82) is 0 Å². The first-order valence-electron chi connectivity index (χ1n) is 5.08. The largest absolute Gasteiger partial charge is 0.220 e. The van der Waals surface area contributed by atoms with Crippen LogP contribution in [0.3, 0.4) is 0 Å². The van der Waals surface area contributed by atoms with Crippen LogP contribution >= 0.6 is 46.6 Å². The Morgan fingerprint density at radius 3 is 2.33 bits per heavy atom. The molecule has 0 saturated carbocycles. The van der Waals surface area contributed by atoms with Crippen molar-refractivity contribution in [3.8, 4) is 11.1 Å². The van der Waals surface area contributed by atoms with Crippen LogP contribution in [0.5, 0.6) is 0 Å². The highest BCUT2D eigenvalue weighted by Gasteiger charge is 2.13. The molecule has 2 aromatic rings. The van der Waals surface area contributed by atoms with E-state index >= 15 is 0 Å². The van der Waals surface area contributed by atoms with Crippen LogP contribution in [0.25, 0.3) is 11.1 Å². The molecule has 0 fully saturated rings. The predicted octanol–water partition coefficient (Wildman–Crippen LogP) is 4.97. The van der Waals surface area contributed by atoms with Crippen LogP contribution in [0, 0.1) is 0 Å². The van der Waals surface area contributed by atoms with Gasteiger partial charge in [0.05, 0.1) is 11.3 Å². The summed E-state index contributed by atoms with van der Waals surface area (Å²) in [5.74, 6) is 1.30. The average molecular weight is 320 g/mol. The number of nitrogens with zero attached hydrogens (tertiary/aromatic N) is 2. The van der Waals surface area contributed by atoms with E-state index in [-0.39, 0.29) is 0 Å². The van der Waals surface area contributed by atoms with Crippen molar-refractivity contribution in [2.45, 2.75) is 5.75 Å². The molecule has 0 saturated heterocycles. The molecule has 1 heterocycles. The highest BCUT2D eigenvalue weighted by atomic mass is 35.5. The summed E-state index contributed by atoms with van der Waals surface area (Å²) in [6.07, 6.45) is 1.97. The van der Waals surface area contributed by atoms with Gasteiger partial charge in [0.1, 0.15) is 16.1 Å². The van der Waals surface area contributed by atoms with Gasteiger partial charge >= 0.3 is 0 Å². The first kappa shape index (κ1) is 13.9. The maximum absolute atomic E-state index is 6.17. The number of hydrogen-bond donors (Lipinski definition) is 0. The zero-order chi connectivity index (χ0) is 13.1. The maximum atomic E-state index is 6.17. The average Bonchev–Trinajstić information content (AvgIpc) is 2.28. The Hall–Kier alpha value is -0.480. The lowest BCUT2D eigenvalue weighted by Gasteiger charge is -2.08. The highest BCUT2D eigenvalue weighted by molar-refractivity contribution is 7.97. The molecule has 0 amide bonds. The fourth-order valence-electron chi connectivity index (χ4n) is 1.52. The van der Waals surface area contributed by atoms with Gasteiger partial charge < -0.3 is 0 Å². The Kier molecular flexibility index (Phi) is 4.73. The molecule has 2 rings (SSSR count). The molecular weight excluding hydrogens is 311 g/mol. The zero-order valence-corrected chi connectivity index (χ0v) is 12.5. The van der Waals surface area contributed by atoms with Gasteiger partial charge in [-0.05, 0) is 24.0 Å². The summed E-state index contributed by atoms with van der Waals surface area (Å²) in [6.45, 7) is 0. The number of hydrogen-bond acceptors (Lipinski definition) is 3. The molecular formula is C12H9Cl3N2S. The van der Waals surface area contributed by atoms with Crippen molar-refractivity contribution in [3.63, 3.8) is 0 Å².